The number of aliphatic hydroxyl groups is 1. The van der Waals surface area contributed by atoms with E-state index in [1.165, 1.54) is 10.5 Å². The summed E-state index contributed by atoms with van der Waals surface area (Å²) in [6.45, 7) is 4.98. The fourth-order valence-electron chi connectivity index (χ4n) is 1.62. The van der Waals surface area contributed by atoms with Gasteiger partial charge in [0.25, 0.3) is 0 Å². The van der Waals surface area contributed by atoms with Crippen LogP contribution in [-0.4, -0.2) is 23.5 Å². The first-order chi connectivity index (χ1) is 8.13. The van der Waals surface area contributed by atoms with Gasteiger partial charge in [0.2, 0.25) is 0 Å². The van der Waals surface area contributed by atoms with E-state index in [9.17, 15) is 5.11 Å². The number of nitrogens with one attached hydrogen (secondary N) is 1. The van der Waals surface area contributed by atoms with Crippen molar-refractivity contribution in [3.05, 3.63) is 29.8 Å². The standard InChI is InChI=1S/C14H23NOS/c1-4-14(16,5-2)11-17-13-8-6-7-12(9-13)10-15-3/h6-9,15-16H,4-5,10-11H2,1-3H3. The third kappa shape index (κ3) is 4.70. The lowest BCUT2D eigenvalue weighted by atomic mass is 10.0. The molecule has 0 aromatic heterocycles. The molecule has 2 N–H and O–H groups in total. The summed E-state index contributed by atoms with van der Waals surface area (Å²) < 4.78 is 0. The van der Waals surface area contributed by atoms with Crippen LogP contribution >= 0.6 is 11.8 Å². The quantitative estimate of drug-likeness (QED) is 0.733. The van der Waals surface area contributed by atoms with Gasteiger partial charge < -0.3 is 10.4 Å². The highest BCUT2D eigenvalue weighted by atomic mass is 32.2. The second-order valence-corrected chi connectivity index (χ2v) is 5.45. The van der Waals surface area contributed by atoms with Gasteiger partial charge in [0.15, 0.2) is 0 Å². The average Bonchev–Trinajstić information content (AvgIpc) is 2.37. The third-order valence-electron chi connectivity index (χ3n) is 3.10. The van der Waals surface area contributed by atoms with Crippen molar-refractivity contribution >= 4 is 11.8 Å². The minimum absolute atomic E-state index is 0.524. The molecule has 0 radical (unpaired) electrons. The minimum atomic E-state index is -0.524. The fourth-order valence-corrected chi connectivity index (χ4v) is 2.87. The molecule has 0 fully saturated rings. The highest BCUT2D eigenvalue weighted by molar-refractivity contribution is 7.99. The van der Waals surface area contributed by atoms with E-state index in [-0.39, 0.29) is 0 Å². The summed E-state index contributed by atoms with van der Waals surface area (Å²) in [6, 6.07) is 8.49. The summed E-state index contributed by atoms with van der Waals surface area (Å²) in [5, 5.41) is 13.4. The van der Waals surface area contributed by atoms with Crippen molar-refractivity contribution in [3.63, 3.8) is 0 Å². The molecule has 0 aliphatic rings. The predicted octanol–water partition coefficient (Wildman–Crippen LogP) is 3.05. The van der Waals surface area contributed by atoms with E-state index in [0.717, 1.165) is 25.1 Å². The molecule has 0 aliphatic carbocycles. The molecule has 1 aromatic carbocycles. The molecule has 96 valence electrons. The zero-order valence-electron chi connectivity index (χ0n) is 11.0. The number of thioether (sulfide) groups is 1. The average molecular weight is 253 g/mol. The maximum atomic E-state index is 10.2. The first-order valence-electron chi connectivity index (χ1n) is 6.22. The molecule has 0 saturated heterocycles. The van der Waals surface area contributed by atoms with Crippen LogP contribution in [0.4, 0.5) is 0 Å². The summed E-state index contributed by atoms with van der Waals surface area (Å²) in [6.07, 6.45) is 1.62. The molecule has 0 spiro atoms. The SMILES string of the molecule is CCC(O)(CC)CSc1cccc(CNC)c1. The molecule has 3 heteroatoms. The van der Waals surface area contributed by atoms with Gasteiger partial charge in [-0.2, -0.15) is 0 Å². The molecule has 1 rings (SSSR count). The van der Waals surface area contributed by atoms with Crippen LogP contribution in [0.25, 0.3) is 0 Å². The Kier molecular flexibility index (Phi) is 6.03. The van der Waals surface area contributed by atoms with Gasteiger partial charge in [-0.05, 0) is 37.6 Å². The van der Waals surface area contributed by atoms with Crippen molar-refractivity contribution in [1.82, 2.24) is 5.32 Å². The molecule has 0 aliphatic heterocycles. The Labute approximate surface area is 109 Å². The summed E-state index contributed by atoms with van der Waals surface area (Å²) in [7, 11) is 1.95. The van der Waals surface area contributed by atoms with Crippen molar-refractivity contribution < 1.29 is 5.11 Å². The Morgan fingerprint density at radius 3 is 2.59 bits per heavy atom. The van der Waals surface area contributed by atoms with E-state index in [4.69, 9.17) is 0 Å². The van der Waals surface area contributed by atoms with Crippen molar-refractivity contribution in [1.29, 1.82) is 0 Å². The molecule has 0 heterocycles. The highest BCUT2D eigenvalue weighted by Crippen LogP contribution is 2.27. The maximum Gasteiger partial charge on any atom is 0.0736 e. The fraction of sp³-hybridized carbons (Fsp3) is 0.571. The van der Waals surface area contributed by atoms with Crippen molar-refractivity contribution in [2.75, 3.05) is 12.8 Å². The Morgan fingerprint density at radius 1 is 1.29 bits per heavy atom. The third-order valence-corrected chi connectivity index (χ3v) is 4.37. The van der Waals surface area contributed by atoms with Crippen molar-refractivity contribution in [2.24, 2.45) is 0 Å². The minimum Gasteiger partial charge on any atom is -0.389 e. The van der Waals surface area contributed by atoms with E-state index in [2.05, 4.69) is 29.6 Å². The monoisotopic (exact) mass is 253 g/mol. The lowest BCUT2D eigenvalue weighted by Gasteiger charge is -2.24. The Bertz CT molecular complexity index is 337. The van der Waals surface area contributed by atoms with E-state index in [1.807, 2.05) is 20.9 Å². The largest absolute Gasteiger partial charge is 0.389 e. The van der Waals surface area contributed by atoms with E-state index >= 15 is 0 Å². The molecule has 0 atom stereocenters. The molecule has 1 aromatic rings. The normalized spacial score (nSPS) is 11.8. The summed E-state index contributed by atoms with van der Waals surface area (Å²) in [5.41, 5.74) is 0.762. The van der Waals surface area contributed by atoms with Gasteiger partial charge >= 0.3 is 0 Å². The van der Waals surface area contributed by atoms with Gasteiger partial charge in [-0.1, -0.05) is 26.0 Å². The first-order valence-corrected chi connectivity index (χ1v) is 7.21. The van der Waals surface area contributed by atoms with Gasteiger partial charge in [0.1, 0.15) is 0 Å². The van der Waals surface area contributed by atoms with Gasteiger partial charge in [0, 0.05) is 17.2 Å². The second kappa shape index (κ2) is 7.04. The lowest BCUT2D eigenvalue weighted by Crippen LogP contribution is -2.29. The Hall–Kier alpha value is -0.510. The molecule has 0 amide bonds. The highest BCUT2D eigenvalue weighted by Gasteiger charge is 2.22. The van der Waals surface area contributed by atoms with Crippen LogP contribution in [0.5, 0.6) is 0 Å². The van der Waals surface area contributed by atoms with Crippen LogP contribution in [-0.2, 0) is 6.54 Å². The van der Waals surface area contributed by atoms with Gasteiger partial charge in [-0.15, -0.1) is 11.8 Å². The summed E-state index contributed by atoms with van der Waals surface area (Å²) in [5.74, 6) is 0.767. The zero-order chi connectivity index (χ0) is 12.7. The van der Waals surface area contributed by atoms with Crippen molar-refractivity contribution in [3.8, 4) is 0 Å². The number of hydrogen-bond donors (Lipinski definition) is 2. The van der Waals surface area contributed by atoms with E-state index in [0.29, 0.717) is 0 Å². The van der Waals surface area contributed by atoms with E-state index < -0.39 is 5.60 Å². The van der Waals surface area contributed by atoms with Crippen LogP contribution in [0.2, 0.25) is 0 Å². The number of rotatable bonds is 7. The van der Waals surface area contributed by atoms with Gasteiger partial charge in [-0.3, -0.25) is 0 Å². The first kappa shape index (κ1) is 14.6. The van der Waals surface area contributed by atoms with Gasteiger partial charge in [-0.25, -0.2) is 0 Å². The predicted molar refractivity (Wildman–Crippen MR) is 75.5 cm³/mol. The molecule has 0 bridgehead atoms. The Morgan fingerprint density at radius 2 is 2.00 bits per heavy atom. The van der Waals surface area contributed by atoms with Crippen LogP contribution in [0.15, 0.2) is 29.2 Å². The summed E-state index contributed by atoms with van der Waals surface area (Å²) in [4.78, 5) is 1.23. The van der Waals surface area contributed by atoms with Gasteiger partial charge in [0.05, 0.1) is 5.60 Å². The van der Waals surface area contributed by atoms with Crippen LogP contribution in [0.1, 0.15) is 32.3 Å². The molecular formula is C14H23NOS. The number of benzene rings is 1. The molecule has 2 nitrogen and oxygen atoms in total. The number of hydrogen-bond acceptors (Lipinski definition) is 3. The smallest absolute Gasteiger partial charge is 0.0736 e. The second-order valence-electron chi connectivity index (χ2n) is 4.40. The van der Waals surface area contributed by atoms with Crippen molar-refractivity contribution in [2.45, 2.75) is 43.7 Å². The van der Waals surface area contributed by atoms with Crippen LogP contribution in [0.3, 0.4) is 0 Å². The van der Waals surface area contributed by atoms with Crippen LogP contribution < -0.4 is 5.32 Å². The maximum absolute atomic E-state index is 10.2. The lowest BCUT2D eigenvalue weighted by molar-refractivity contribution is 0.0572. The molecule has 0 saturated carbocycles. The molecule has 17 heavy (non-hydrogen) atoms. The zero-order valence-corrected chi connectivity index (χ0v) is 11.8. The summed E-state index contributed by atoms with van der Waals surface area (Å²) >= 11 is 1.74. The van der Waals surface area contributed by atoms with Crippen LogP contribution in [0, 0.1) is 0 Å². The molecular weight excluding hydrogens is 230 g/mol. The topological polar surface area (TPSA) is 32.3 Å². The Balaban J connectivity index is 2.59. The van der Waals surface area contributed by atoms with E-state index in [1.54, 1.807) is 11.8 Å². The molecule has 0 unspecified atom stereocenters.